The van der Waals surface area contributed by atoms with Gasteiger partial charge in [0.25, 0.3) is 5.91 Å². The molecule has 2 aliphatic rings. The van der Waals surface area contributed by atoms with Crippen molar-refractivity contribution in [1.82, 2.24) is 19.9 Å². The second-order valence-corrected chi connectivity index (χ2v) is 7.34. The van der Waals surface area contributed by atoms with Crippen molar-refractivity contribution < 1.29 is 9.32 Å². The van der Waals surface area contributed by atoms with Crippen LogP contribution >= 0.6 is 0 Å². The van der Waals surface area contributed by atoms with Crippen LogP contribution in [0.2, 0.25) is 0 Å². The highest BCUT2D eigenvalue weighted by molar-refractivity contribution is 5.92. The molecule has 3 heterocycles. The fourth-order valence-corrected chi connectivity index (χ4v) is 3.51. The van der Waals surface area contributed by atoms with Gasteiger partial charge in [-0.2, -0.15) is 0 Å². The molecule has 2 fully saturated rings. The van der Waals surface area contributed by atoms with E-state index in [1.54, 1.807) is 0 Å². The number of likely N-dealkylation sites (tertiary alicyclic amines) is 1. The van der Waals surface area contributed by atoms with Gasteiger partial charge < -0.3 is 14.3 Å². The Morgan fingerprint density at radius 1 is 1.32 bits per heavy atom. The van der Waals surface area contributed by atoms with E-state index in [9.17, 15) is 4.79 Å². The third-order valence-electron chi connectivity index (χ3n) is 4.89. The van der Waals surface area contributed by atoms with Gasteiger partial charge in [-0.3, -0.25) is 9.78 Å². The van der Waals surface area contributed by atoms with E-state index in [4.69, 9.17) is 9.51 Å². The highest BCUT2D eigenvalue weighted by atomic mass is 16.5. The van der Waals surface area contributed by atoms with Crippen LogP contribution in [0, 0.1) is 0 Å². The molecule has 1 amide bonds. The summed E-state index contributed by atoms with van der Waals surface area (Å²) >= 11 is 0. The van der Waals surface area contributed by atoms with Crippen molar-refractivity contribution in [3.05, 3.63) is 47.1 Å². The molecule has 0 bridgehead atoms. The minimum absolute atomic E-state index is 0.0238. The number of amides is 1. The molecule has 1 atom stereocenters. The summed E-state index contributed by atoms with van der Waals surface area (Å²) in [6.07, 6.45) is 4.20. The van der Waals surface area contributed by atoms with Crippen LogP contribution in [0.4, 0.5) is 0 Å². The predicted molar refractivity (Wildman–Crippen MR) is 93.1 cm³/mol. The van der Waals surface area contributed by atoms with Crippen molar-refractivity contribution in [1.29, 1.82) is 0 Å². The van der Waals surface area contributed by atoms with E-state index in [0.717, 1.165) is 55.9 Å². The topological polar surface area (TPSA) is 62.5 Å². The lowest BCUT2D eigenvalue weighted by atomic mass is 10.1. The maximum atomic E-state index is 12.9. The van der Waals surface area contributed by atoms with Crippen LogP contribution in [0.25, 0.3) is 0 Å². The van der Waals surface area contributed by atoms with Gasteiger partial charge in [-0.05, 0) is 51.9 Å². The second-order valence-electron chi connectivity index (χ2n) is 7.34. The number of carbonyl (C=O) groups is 1. The minimum Gasteiger partial charge on any atom is -0.360 e. The van der Waals surface area contributed by atoms with Gasteiger partial charge in [0.2, 0.25) is 0 Å². The number of carbonyl (C=O) groups excluding carboxylic acids is 1. The largest absolute Gasteiger partial charge is 0.360 e. The molecule has 6 heteroatoms. The van der Waals surface area contributed by atoms with Gasteiger partial charge >= 0.3 is 0 Å². The van der Waals surface area contributed by atoms with E-state index in [1.165, 1.54) is 0 Å². The quantitative estimate of drug-likeness (QED) is 0.837. The van der Waals surface area contributed by atoms with Crippen LogP contribution in [0.5, 0.6) is 0 Å². The summed E-state index contributed by atoms with van der Waals surface area (Å²) in [4.78, 5) is 21.7. The zero-order chi connectivity index (χ0) is 17.4. The number of pyridine rings is 1. The van der Waals surface area contributed by atoms with Crippen molar-refractivity contribution in [2.24, 2.45) is 0 Å². The van der Waals surface area contributed by atoms with Crippen LogP contribution in [0.15, 0.2) is 28.8 Å². The van der Waals surface area contributed by atoms with Crippen LogP contribution in [0.3, 0.4) is 0 Å². The van der Waals surface area contributed by atoms with Gasteiger partial charge in [0.05, 0.1) is 17.4 Å². The van der Waals surface area contributed by atoms with Gasteiger partial charge in [-0.1, -0.05) is 11.2 Å². The molecular weight excluding hydrogens is 316 g/mol. The molecule has 132 valence electrons. The van der Waals surface area contributed by atoms with Crippen molar-refractivity contribution in [3.8, 4) is 0 Å². The van der Waals surface area contributed by atoms with E-state index in [1.807, 2.05) is 43.3 Å². The summed E-state index contributed by atoms with van der Waals surface area (Å²) < 4.78 is 5.35. The van der Waals surface area contributed by atoms with Crippen molar-refractivity contribution >= 4 is 5.91 Å². The summed E-state index contributed by atoms with van der Waals surface area (Å²) in [7, 11) is 4.06. The Morgan fingerprint density at radius 3 is 2.92 bits per heavy atom. The van der Waals surface area contributed by atoms with E-state index in [0.29, 0.717) is 11.6 Å². The average molecular weight is 340 g/mol. The normalized spacial score (nSPS) is 20.4. The van der Waals surface area contributed by atoms with E-state index < -0.39 is 0 Å². The molecule has 25 heavy (non-hydrogen) atoms. The summed E-state index contributed by atoms with van der Waals surface area (Å²) in [5, 5.41) is 4.01. The Balaban J connectivity index is 1.54. The number of nitrogens with zero attached hydrogens (tertiary/aromatic N) is 4. The van der Waals surface area contributed by atoms with E-state index in [-0.39, 0.29) is 11.9 Å². The van der Waals surface area contributed by atoms with Crippen LogP contribution in [-0.4, -0.2) is 46.5 Å². The molecule has 2 aromatic heterocycles. The summed E-state index contributed by atoms with van der Waals surface area (Å²) in [6.45, 7) is 1.54. The highest BCUT2D eigenvalue weighted by Crippen LogP contribution is 2.40. The fourth-order valence-electron chi connectivity index (χ4n) is 3.51. The lowest BCUT2D eigenvalue weighted by molar-refractivity contribution is 0.0722. The number of aromatic nitrogens is 2. The molecule has 1 aliphatic heterocycles. The van der Waals surface area contributed by atoms with Gasteiger partial charge in [-0.15, -0.1) is 0 Å². The molecule has 2 aromatic rings. The monoisotopic (exact) mass is 340 g/mol. The first-order valence-corrected chi connectivity index (χ1v) is 9.00. The highest BCUT2D eigenvalue weighted by Gasteiger charge is 2.34. The maximum absolute atomic E-state index is 12.9. The van der Waals surface area contributed by atoms with Crippen molar-refractivity contribution in [2.45, 2.75) is 44.2 Å². The predicted octanol–water partition coefficient (Wildman–Crippen LogP) is 2.99. The smallest absolute Gasteiger partial charge is 0.276 e. The molecule has 0 N–H and O–H groups in total. The average Bonchev–Trinajstić information content (AvgIpc) is 3.12. The zero-order valence-electron chi connectivity index (χ0n) is 14.8. The Bertz CT molecular complexity index is 766. The number of hydrogen-bond acceptors (Lipinski definition) is 5. The molecule has 6 nitrogen and oxygen atoms in total. The Hall–Kier alpha value is -2.21. The molecule has 0 radical (unpaired) electrons. The van der Waals surface area contributed by atoms with Crippen LogP contribution in [-0.2, 0) is 6.54 Å². The minimum atomic E-state index is -0.0436. The molecule has 0 aromatic carbocycles. The van der Waals surface area contributed by atoms with Gasteiger partial charge in [0.1, 0.15) is 5.76 Å². The first-order chi connectivity index (χ1) is 12.1. The molecule has 1 aliphatic carbocycles. The molecule has 0 unspecified atom stereocenters. The van der Waals surface area contributed by atoms with Crippen molar-refractivity contribution in [2.75, 3.05) is 20.6 Å². The summed E-state index contributed by atoms with van der Waals surface area (Å²) in [5.41, 5.74) is 2.42. The van der Waals surface area contributed by atoms with E-state index >= 15 is 0 Å². The maximum Gasteiger partial charge on any atom is 0.276 e. The lowest BCUT2D eigenvalue weighted by Crippen LogP contribution is -2.31. The number of rotatable bonds is 5. The molecule has 4 rings (SSSR count). The first-order valence-electron chi connectivity index (χ1n) is 9.00. The van der Waals surface area contributed by atoms with Gasteiger partial charge in [0, 0.05) is 25.1 Å². The fraction of sp³-hybridized carbons (Fsp3) is 0.526. The third kappa shape index (κ3) is 3.44. The zero-order valence-corrected chi connectivity index (χ0v) is 14.8. The first kappa shape index (κ1) is 16.3. The molecular formula is C19H24N4O2. The summed E-state index contributed by atoms with van der Waals surface area (Å²) in [5.74, 6) is 1.27. The Kier molecular flexibility index (Phi) is 4.29. The van der Waals surface area contributed by atoms with Gasteiger partial charge in [-0.25, -0.2) is 0 Å². The number of hydrogen-bond donors (Lipinski definition) is 0. The second kappa shape index (κ2) is 6.59. The molecule has 1 saturated heterocycles. The van der Waals surface area contributed by atoms with Gasteiger partial charge in [0.15, 0.2) is 5.69 Å². The Labute approximate surface area is 147 Å². The summed E-state index contributed by atoms with van der Waals surface area (Å²) in [6, 6.07) is 7.93. The molecule has 1 saturated carbocycles. The lowest BCUT2D eigenvalue weighted by Gasteiger charge is -2.24. The molecule has 0 spiro atoms. The SMILES string of the molecule is CN(C)Cc1cccc([C@@H]2CCCN2C(=O)c2cc(C3CC3)on2)n1. The Morgan fingerprint density at radius 2 is 2.16 bits per heavy atom. The van der Waals surface area contributed by atoms with Crippen LogP contribution in [0.1, 0.15) is 65.3 Å². The standard InChI is InChI=1S/C19H24N4O2/c1-22(2)12-14-5-3-6-15(20-14)17-7-4-10-23(17)19(24)16-11-18(25-21-16)13-8-9-13/h3,5-6,11,13,17H,4,7-10,12H2,1-2H3/t17-/m0/s1. The third-order valence-corrected chi connectivity index (χ3v) is 4.89. The van der Waals surface area contributed by atoms with E-state index in [2.05, 4.69) is 10.1 Å². The van der Waals surface area contributed by atoms with Crippen LogP contribution < -0.4 is 0 Å². The van der Waals surface area contributed by atoms with Crippen molar-refractivity contribution in [3.63, 3.8) is 0 Å².